The Morgan fingerprint density at radius 2 is 1.45 bits per heavy atom. The van der Waals surface area contributed by atoms with Gasteiger partial charge in [-0.25, -0.2) is 0 Å². The molecule has 33 heavy (non-hydrogen) atoms. The number of hydrogen-bond donors (Lipinski definition) is 1. The van der Waals surface area contributed by atoms with Gasteiger partial charge in [0.15, 0.2) is 0 Å². The number of hydrogen-bond acceptors (Lipinski definition) is 3. The maximum absolute atomic E-state index is 13.2. The largest absolute Gasteiger partial charge is 0.507 e. The Bertz CT molecular complexity index is 1100. The summed E-state index contributed by atoms with van der Waals surface area (Å²) in [6, 6.07) is 13.4. The molecule has 4 heteroatoms. The molecule has 0 bridgehead atoms. The molecule has 1 atom stereocenters. The number of aliphatic hydroxyl groups excluding tert-OH is 1. The maximum atomic E-state index is 13.2. The smallest absolute Gasteiger partial charge is 0.295 e. The van der Waals surface area contributed by atoms with Gasteiger partial charge in [0.1, 0.15) is 5.76 Å². The molecule has 0 radical (unpaired) electrons. The molecule has 3 rings (SSSR count). The summed E-state index contributed by atoms with van der Waals surface area (Å²) in [5, 5.41) is 11.5. The van der Waals surface area contributed by atoms with Crippen molar-refractivity contribution in [2.75, 3.05) is 6.54 Å². The first kappa shape index (κ1) is 24.8. The second-order valence-corrected chi connectivity index (χ2v) is 11.1. The van der Waals surface area contributed by atoms with E-state index in [1.54, 1.807) is 4.90 Å². The summed E-state index contributed by atoms with van der Waals surface area (Å²) >= 11 is 0. The lowest BCUT2D eigenvalue weighted by molar-refractivity contribution is -0.139. The molecule has 0 saturated carbocycles. The SMILES string of the molecule is CCCN1C(=O)C(=O)/C(=C(/O)c2cc(C(C)(C)C)ccc2C)C1c1ccc(C(C)(C)C)cc1. The number of carbonyl (C=O) groups excluding carboxylic acids is 2. The molecule has 1 amide bonds. The highest BCUT2D eigenvalue weighted by Gasteiger charge is 2.45. The van der Waals surface area contributed by atoms with E-state index in [0.717, 1.165) is 23.1 Å². The number of carbonyl (C=O) groups is 2. The van der Waals surface area contributed by atoms with E-state index in [1.807, 2.05) is 56.3 Å². The number of amides is 1. The van der Waals surface area contributed by atoms with E-state index in [4.69, 9.17) is 0 Å². The summed E-state index contributed by atoms with van der Waals surface area (Å²) in [5.74, 6) is -1.26. The molecule has 1 aliphatic heterocycles. The number of benzene rings is 2. The molecule has 0 aromatic heterocycles. The number of aliphatic hydroxyl groups is 1. The van der Waals surface area contributed by atoms with E-state index in [1.165, 1.54) is 5.56 Å². The first-order valence-corrected chi connectivity index (χ1v) is 11.8. The molecular weight excluding hydrogens is 410 g/mol. The number of aryl methyl sites for hydroxylation is 1. The summed E-state index contributed by atoms with van der Waals surface area (Å²) in [6.07, 6.45) is 0.724. The summed E-state index contributed by atoms with van der Waals surface area (Å²) in [4.78, 5) is 27.8. The molecule has 176 valence electrons. The summed E-state index contributed by atoms with van der Waals surface area (Å²) in [7, 11) is 0. The van der Waals surface area contributed by atoms with Crippen LogP contribution in [0.3, 0.4) is 0 Å². The van der Waals surface area contributed by atoms with Crippen LogP contribution in [0.2, 0.25) is 0 Å². The molecule has 1 heterocycles. The lowest BCUT2D eigenvalue weighted by atomic mass is 9.84. The van der Waals surface area contributed by atoms with E-state index >= 15 is 0 Å². The average molecular weight is 448 g/mol. The predicted molar refractivity (Wildman–Crippen MR) is 134 cm³/mol. The van der Waals surface area contributed by atoms with Crippen molar-refractivity contribution in [1.29, 1.82) is 0 Å². The van der Waals surface area contributed by atoms with Gasteiger partial charge >= 0.3 is 0 Å². The minimum atomic E-state index is -0.619. The van der Waals surface area contributed by atoms with Crippen LogP contribution in [0.15, 0.2) is 48.0 Å². The normalized spacial score (nSPS) is 18.8. The Balaban J connectivity index is 2.22. The molecule has 0 spiro atoms. The van der Waals surface area contributed by atoms with Crippen LogP contribution in [0.4, 0.5) is 0 Å². The number of nitrogens with zero attached hydrogens (tertiary/aromatic N) is 1. The van der Waals surface area contributed by atoms with Crippen molar-refractivity contribution < 1.29 is 14.7 Å². The third-order valence-electron chi connectivity index (χ3n) is 6.46. The van der Waals surface area contributed by atoms with Gasteiger partial charge in [-0.2, -0.15) is 0 Å². The zero-order chi connectivity index (χ0) is 24.7. The first-order chi connectivity index (χ1) is 15.3. The van der Waals surface area contributed by atoms with E-state index in [-0.39, 0.29) is 22.2 Å². The molecule has 1 unspecified atom stereocenters. The quantitative estimate of drug-likeness (QED) is 0.334. The Morgan fingerprint density at radius 1 is 0.909 bits per heavy atom. The number of ketones is 1. The second kappa shape index (κ2) is 8.81. The van der Waals surface area contributed by atoms with Gasteiger partial charge < -0.3 is 10.0 Å². The Kier molecular flexibility index (Phi) is 6.61. The number of Topliss-reactive ketones (excluding diaryl/α,β-unsaturated/α-hetero) is 1. The maximum Gasteiger partial charge on any atom is 0.295 e. The van der Waals surface area contributed by atoms with E-state index in [9.17, 15) is 14.7 Å². The topological polar surface area (TPSA) is 57.6 Å². The van der Waals surface area contributed by atoms with Gasteiger partial charge in [-0.3, -0.25) is 9.59 Å². The highest BCUT2D eigenvalue weighted by atomic mass is 16.3. The lowest BCUT2D eigenvalue weighted by Crippen LogP contribution is -2.30. The zero-order valence-corrected chi connectivity index (χ0v) is 21.2. The van der Waals surface area contributed by atoms with Gasteiger partial charge in [-0.15, -0.1) is 0 Å². The number of likely N-dealkylation sites (tertiary alicyclic amines) is 1. The fourth-order valence-corrected chi connectivity index (χ4v) is 4.35. The lowest BCUT2D eigenvalue weighted by Gasteiger charge is -2.26. The van der Waals surface area contributed by atoms with Crippen molar-refractivity contribution in [1.82, 2.24) is 4.90 Å². The number of rotatable bonds is 4. The van der Waals surface area contributed by atoms with Gasteiger partial charge in [-0.1, -0.05) is 84.9 Å². The summed E-state index contributed by atoms with van der Waals surface area (Å²) in [5.41, 5.74) is 4.59. The van der Waals surface area contributed by atoms with Crippen LogP contribution in [-0.2, 0) is 20.4 Å². The van der Waals surface area contributed by atoms with Crippen molar-refractivity contribution in [2.24, 2.45) is 0 Å². The average Bonchev–Trinajstić information content (AvgIpc) is 2.97. The molecule has 2 aromatic rings. The molecule has 2 aromatic carbocycles. The van der Waals surface area contributed by atoms with E-state index in [0.29, 0.717) is 12.1 Å². The minimum Gasteiger partial charge on any atom is -0.507 e. The van der Waals surface area contributed by atoms with Crippen molar-refractivity contribution in [3.05, 3.63) is 75.9 Å². The first-order valence-electron chi connectivity index (χ1n) is 11.8. The van der Waals surface area contributed by atoms with E-state index < -0.39 is 17.7 Å². The molecule has 1 fully saturated rings. The molecule has 1 N–H and O–H groups in total. The van der Waals surface area contributed by atoms with Crippen LogP contribution in [0.25, 0.3) is 5.76 Å². The van der Waals surface area contributed by atoms with Gasteiger partial charge in [0, 0.05) is 12.1 Å². The van der Waals surface area contributed by atoms with Gasteiger partial charge in [0.2, 0.25) is 0 Å². The molecule has 4 nitrogen and oxygen atoms in total. The zero-order valence-electron chi connectivity index (χ0n) is 21.2. The molecule has 0 aliphatic carbocycles. The van der Waals surface area contributed by atoms with Crippen LogP contribution in [0.5, 0.6) is 0 Å². The van der Waals surface area contributed by atoms with E-state index in [2.05, 4.69) is 41.5 Å². The minimum absolute atomic E-state index is 0.00569. The Labute approximate surface area is 198 Å². The van der Waals surface area contributed by atoms with Crippen molar-refractivity contribution in [2.45, 2.75) is 78.7 Å². The van der Waals surface area contributed by atoms with Crippen molar-refractivity contribution in [3.8, 4) is 0 Å². The van der Waals surface area contributed by atoms with Crippen LogP contribution >= 0.6 is 0 Å². The summed E-state index contributed by atoms with van der Waals surface area (Å²) < 4.78 is 0. The molecule has 1 saturated heterocycles. The standard InChI is InChI=1S/C29H37NO3/c1-9-16-30-24(19-11-14-20(15-12-19)28(3,4)5)23(26(32)27(30)33)25(31)22-17-21(29(6,7)8)13-10-18(22)2/h10-15,17,24,31H,9,16H2,1-8H3/b25-23+. The Hall–Kier alpha value is -2.88. The van der Waals surface area contributed by atoms with Crippen LogP contribution < -0.4 is 0 Å². The van der Waals surface area contributed by atoms with Crippen molar-refractivity contribution >= 4 is 17.4 Å². The predicted octanol–water partition coefficient (Wildman–Crippen LogP) is 6.42. The molecule has 1 aliphatic rings. The van der Waals surface area contributed by atoms with Crippen molar-refractivity contribution in [3.63, 3.8) is 0 Å². The van der Waals surface area contributed by atoms with Crippen LogP contribution in [-0.4, -0.2) is 28.2 Å². The highest BCUT2D eigenvalue weighted by Crippen LogP contribution is 2.41. The van der Waals surface area contributed by atoms with Gasteiger partial charge in [-0.05, 0) is 52.5 Å². The van der Waals surface area contributed by atoms with Crippen LogP contribution in [0, 0.1) is 6.92 Å². The second-order valence-electron chi connectivity index (χ2n) is 11.1. The highest BCUT2D eigenvalue weighted by molar-refractivity contribution is 6.46. The van der Waals surface area contributed by atoms with Gasteiger partial charge in [0.25, 0.3) is 11.7 Å². The third-order valence-corrected chi connectivity index (χ3v) is 6.46. The fourth-order valence-electron chi connectivity index (χ4n) is 4.35. The fraction of sp³-hybridized carbons (Fsp3) is 0.448. The Morgan fingerprint density at radius 3 is 1.97 bits per heavy atom. The van der Waals surface area contributed by atoms with Gasteiger partial charge in [0.05, 0.1) is 11.6 Å². The third kappa shape index (κ3) is 4.75. The molecular formula is C29H37NO3. The monoisotopic (exact) mass is 447 g/mol. The van der Waals surface area contributed by atoms with Crippen LogP contribution in [0.1, 0.15) is 88.7 Å². The summed E-state index contributed by atoms with van der Waals surface area (Å²) in [6.45, 7) is 17.1.